The zero-order valence-electron chi connectivity index (χ0n) is 12.4. The van der Waals surface area contributed by atoms with E-state index in [2.05, 4.69) is 10.2 Å². The molecule has 7 heteroatoms. The van der Waals surface area contributed by atoms with Crippen molar-refractivity contribution in [3.8, 4) is 0 Å². The monoisotopic (exact) mass is 296 g/mol. The molecule has 0 bridgehead atoms. The van der Waals surface area contributed by atoms with Crippen molar-refractivity contribution in [2.45, 2.75) is 6.92 Å². The Morgan fingerprint density at radius 3 is 2.71 bits per heavy atom. The first-order chi connectivity index (χ1) is 9.99. The molecule has 1 N–H and O–H groups in total. The molecule has 1 aromatic carbocycles. The van der Waals surface area contributed by atoms with Crippen LogP contribution in [0.25, 0.3) is 0 Å². The summed E-state index contributed by atoms with van der Waals surface area (Å²) in [6, 6.07) is 2.55. The number of nitrogens with zero attached hydrogens (tertiary/aromatic N) is 3. The molecule has 1 aliphatic rings. The summed E-state index contributed by atoms with van der Waals surface area (Å²) in [5, 5.41) is 14.4. The fraction of sp³-hybridized carbons (Fsp3) is 0.571. The Morgan fingerprint density at radius 2 is 2.10 bits per heavy atom. The van der Waals surface area contributed by atoms with E-state index in [9.17, 15) is 14.5 Å². The van der Waals surface area contributed by atoms with Crippen LogP contribution in [0.5, 0.6) is 0 Å². The quantitative estimate of drug-likeness (QED) is 0.657. The van der Waals surface area contributed by atoms with Gasteiger partial charge < -0.3 is 10.2 Å². The number of benzene rings is 1. The van der Waals surface area contributed by atoms with Crippen molar-refractivity contribution in [1.29, 1.82) is 0 Å². The maximum atomic E-state index is 13.5. The van der Waals surface area contributed by atoms with E-state index in [1.165, 1.54) is 0 Å². The number of nitro benzene ring substituents is 1. The van der Waals surface area contributed by atoms with Crippen LogP contribution in [-0.4, -0.2) is 56.1 Å². The summed E-state index contributed by atoms with van der Waals surface area (Å²) in [7, 11) is 1.81. The van der Waals surface area contributed by atoms with E-state index in [0.29, 0.717) is 17.8 Å². The number of hydrogen-bond donors (Lipinski definition) is 1. The number of nitrogens with one attached hydrogen (secondary N) is 1. The number of aryl methyl sites for hydroxylation is 1. The van der Waals surface area contributed by atoms with Crippen molar-refractivity contribution in [2.75, 3.05) is 51.2 Å². The second-order valence-corrected chi connectivity index (χ2v) is 5.36. The molecule has 1 fully saturated rings. The molecule has 0 unspecified atom stereocenters. The van der Waals surface area contributed by atoms with Crippen molar-refractivity contribution < 1.29 is 9.31 Å². The Balaban J connectivity index is 2.08. The van der Waals surface area contributed by atoms with Crippen LogP contribution in [0.3, 0.4) is 0 Å². The minimum absolute atomic E-state index is 0.180. The summed E-state index contributed by atoms with van der Waals surface area (Å²) in [6.07, 6.45) is 0. The molecule has 0 spiro atoms. The topological polar surface area (TPSA) is 61.6 Å². The fourth-order valence-electron chi connectivity index (χ4n) is 2.45. The SMILES string of the molecule is Cc1cc(N(C)CCN2CCNCC2)c([N+](=O)[O-])cc1F. The Hall–Kier alpha value is -1.73. The molecule has 0 aromatic heterocycles. The highest BCUT2D eigenvalue weighted by atomic mass is 19.1. The van der Waals surface area contributed by atoms with Gasteiger partial charge in [-0.1, -0.05) is 0 Å². The summed E-state index contributed by atoms with van der Waals surface area (Å²) < 4.78 is 13.5. The highest BCUT2D eigenvalue weighted by Crippen LogP contribution is 2.30. The van der Waals surface area contributed by atoms with Crippen LogP contribution >= 0.6 is 0 Å². The predicted molar refractivity (Wildman–Crippen MR) is 80.4 cm³/mol. The highest BCUT2D eigenvalue weighted by Gasteiger charge is 2.20. The molecule has 1 aliphatic heterocycles. The molecule has 0 atom stereocenters. The lowest BCUT2D eigenvalue weighted by Crippen LogP contribution is -2.46. The van der Waals surface area contributed by atoms with Gasteiger partial charge in [-0.3, -0.25) is 15.0 Å². The highest BCUT2D eigenvalue weighted by molar-refractivity contribution is 5.64. The second kappa shape index (κ2) is 6.82. The lowest BCUT2D eigenvalue weighted by molar-refractivity contribution is -0.384. The van der Waals surface area contributed by atoms with E-state index in [1.807, 2.05) is 11.9 Å². The van der Waals surface area contributed by atoms with Gasteiger partial charge in [0.1, 0.15) is 11.5 Å². The third-order valence-electron chi connectivity index (χ3n) is 3.83. The predicted octanol–water partition coefficient (Wildman–Crippen LogP) is 1.38. The van der Waals surface area contributed by atoms with E-state index in [1.54, 1.807) is 13.0 Å². The van der Waals surface area contributed by atoms with E-state index < -0.39 is 10.7 Å². The Morgan fingerprint density at radius 1 is 1.43 bits per heavy atom. The molecule has 2 rings (SSSR count). The standard InChI is InChI=1S/C14H21FN4O2/c1-11-9-13(14(19(20)21)10-12(11)15)17(2)7-8-18-5-3-16-4-6-18/h9-10,16H,3-8H2,1-2H3. The van der Waals surface area contributed by atoms with Gasteiger partial charge in [-0.2, -0.15) is 0 Å². The Kier molecular flexibility index (Phi) is 5.08. The van der Waals surface area contributed by atoms with Gasteiger partial charge in [-0.05, 0) is 18.6 Å². The fourth-order valence-corrected chi connectivity index (χ4v) is 2.45. The molecule has 21 heavy (non-hydrogen) atoms. The lowest BCUT2D eigenvalue weighted by atomic mass is 10.1. The third-order valence-corrected chi connectivity index (χ3v) is 3.83. The first-order valence-corrected chi connectivity index (χ1v) is 7.08. The normalized spacial score (nSPS) is 16.0. The Labute approximate surface area is 123 Å². The number of piperazine rings is 1. The molecular weight excluding hydrogens is 275 g/mol. The minimum atomic E-state index is -0.541. The van der Waals surface area contributed by atoms with Crippen LogP contribution in [0.15, 0.2) is 12.1 Å². The van der Waals surface area contributed by atoms with E-state index in [0.717, 1.165) is 38.8 Å². The number of rotatable bonds is 5. The number of anilines is 1. The Bertz CT molecular complexity index is 518. The van der Waals surface area contributed by atoms with Gasteiger partial charge in [0.05, 0.1) is 11.0 Å². The van der Waals surface area contributed by atoms with Crippen molar-refractivity contribution in [3.05, 3.63) is 33.6 Å². The van der Waals surface area contributed by atoms with Crippen LogP contribution in [0.4, 0.5) is 15.8 Å². The molecule has 0 aliphatic carbocycles. The summed E-state index contributed by atoms with van der Waals surface area (Å²) >= 11 is 0. The van der Waals surface area contributed by atoms with Crippen molar-refractivity contribution in [1.82, 2.24) is 10.2 Å². The first-order valence-electron chi connectivity index (χ1n) is 7.08. The number of hydrogen-bond acceptors (Lipinski definition) is 5. The molecule has 1 saturated heterocycles. The number of likely N-dealkylation sites (N-methyl/N-ethyl adjacent to an activating group) is 1. The molecule has 6 nitrogen and oxygen atoms in total. The summed E-state index contributed by atoms with van der Waals surface area (Å²) in [6.45, 7) is 7.04. The molecular formula is C14H21FN4O2. The smallest absolute Gasteiger partial charge is 0.295 e. The van der Waals surface area contributed by atoms with Crippen LogP contribution in [0.2, 0.25) is 0 Å². The van der Waals surface area contributed by atoms with Gasteiger partial charge in [0, 0.05) is 46.3 Å². The summed E-state index contributed by atoms with van der Waals surface area (Å²) in [5.74, 6) is -0.541. The maximum absolute atomic E-state index is 13.5. The van der Waals surface area contributed by atoms with Crippen molar-refractivity contribution in [3.63, 3.8) is 0 Å². The van der Waals surface area contributed by atoms with Gasteiger partial charge in [-0.25, -0.2) is 4.39 Å². The van der Waals surface area contributed by atoms with Crippen LogP contribution in [0.1, 0.15) is 5.56 Å². The first kappa shape index (κ1) is 15.7. The van der Waals surface area contributed by atoms with Crippen LogP contribution in [0, 0.1) is 22.9 Å². The molecule has 0 radical (unpaired) electrons. The minimum Gasteiger partial charge on any atom is -0.368 e. The second-order valence-electron chi connectivity index (χ2n) is 5.36. The van der Waals surface area contributed by atoms with E-state index >= 15 is 0 Å². The summed E-state index contributed by atoms with van der Waals surface area (Å²) in [4.78, 5) is 14.7. The molecule has 1 aromatic rings. The van der Waals surface area contributed by atoms with Crippen LogP contribution in [-0.2, 0) is 0 Å². The van der Waals surface area contributed by atoms with Gasteiger partial charge in [0.2, 0.25) is 0 Å². The van der Waals surface area contributed by atoms with E-state index in [4.69, 9.17) is 0 Å². The zero-order chi connectivity index (χ0) is 15.4. The van der Waals surface area contributed by atoms with Gasteiger partial charge >= 0.3 is 0 Å². The average molecular weight is 296 g/mol. The third kappa shape index (κ3) is 3.89. The lowest BCUT2D eigenvalue weighted by Gasteiger charge is -2.29. The maximum Gasteiger partial charge on any atom is 0.295 e. The van der Waals surface area contributed by atoms with Gasteiger partial charge in [0.25, 0.3) is 5.69 Å². The van der Waals surface area contributed by atoms with Crippen molar-refractivity contribution >= 4 is 11.4 Å². The molecule has 0 amide bonds. The number of nitro groups is 1. The van der Waals surface area contributed by atoms with E-state index in [-0.39, 0.29) is 5.69 Å². The molecule has 0 saturated carbocycles. The summed E-state index contributed by atoms with van der Waals surface area (Å²) in [5.41, 5.74) is 0.708. The largest absolute Gasteiger partial charge is 0.368 e. The van der Waals surface area contributed by atoms with Gasteiger partial charge in [-0.15, -0.1) is 0 Å². The molecule has 116 valence electrons. The number of halogens is 1. The zero-order valence-corrected chi connectivity index (χ0v) is 12.4. The van der Waals surface area contributed by atoms with Gasteiger partial charge in [0.15, 0.2) is 0 Å². The average Bonchev–Trinajstić information content (AvgIpc) is 2.48. The van der Waals surface area contributed by atoms with Crippen LogP contribution < -0.4 is 10.2 Å². The van der Waals surface area contributed by atoms with Crippen molar-refractivity contribution in [2.24, 2.45) is 0 Å². The molecule has 1 heterocycles.